The molecule has 0 saturated carbocycles. The highest BCUT2D eigenvalue weighted by Gasteiger charge is 2.14. The summed E-state index contributed by atoms with van der Waals surface area (Å²) in [7, 11) is -3.66. The monoisotopic (exact) mass is 311 g/mol. The van der Waals surface area contributed by atoms with Gasteiger partial charge in [0.2, 0.25) is 0 Å². The first kappa shape index (κ1) is 14.8. The van der Waals surface area contributed by atoms with Crippen molar-refractivity contribution in [3.8, 4) is 0 Å². The second-order valence-electron chi connectivity index (χ2n) is 4.36. The van der Waals surface area contributed by atoms with Gasteiger partial charge in [-0.3, -0.25) is 4.72 Å². The van der Waals surface area contributed by atoms with E-state index >= 15 is 0 Å². The Morgan fingerprint density at radius 3 is 2.35 bits per heavy atom. The fourth-order valence-electron chi connectivity index (χ4n) is 1.69. The molecular weight excluding hydrogens is 298 g/mol. The molecule has 4 nitrogen and oxygen atoms in total. The Kier molecular flexibility index (Phi) is 4.32. The van der Waals surface area contributed by atoms with E-state index in [9.17, 15) is 13.5 Å². The molecule has 2 aromatic carbocycles. The van der Waals surface area contributed by atoms with Crippen LogP contribution >= 0.6 is 11.6 Å². The van der Waals surface area contributed by atoms with Gasteiger partial charge in [-0.25, -0.2) is 8.42 Å². The maximum Gasteiger partial charge on any atom is 0.261 e. The van der Waals surface area contributed by atoms with Gasteiger partial charge >= 0.3 is 0 Å². The highest BCUT2D eigenvalue weighted by molar-refractivity contribution is 7.92. The van der Waals surface area contributed by atoms with E-state index in [-0.39, 0.29) is 4.90 Å². The summed E-state index contributed by atoms with van der Waals surface area (Å²) in [6.45, 7) is 1.62. The SMILES string of the molecule is CC(O)c1ccc(S(=O)(=O)Nc2cccc(Cl)c2)cc1. The molecule has 20 heavy (non-hydrogen) atoms. The molecule has 1 atom stereocenters. The molecule has 0 aliphatic heterocycles. The van der Waals surface area contributed by atoms with Crippen molar-refractivity contribution in [1.82, 2.24) is 0 Å². The zero-order chi connectivity index (χ0) is 14.8. The van der Waals surface area contributed by atoms with Gasteiger partial charge in [0.15, 0.2) is 0 Å². The van der Waals surface area contributed by atoms with Crippen molar-refractivity contribution in [3.05, 3.63) is 59.1 Å². The summed E-state index contributed by atoms with van der Waals surface area (Å²) in [4.78, 5) is 0.127. The summed E-state index contributed by atoms with van der Waals surface area (Å²) in [6.07, 6.45) is -0.632. The van der Waals surface area contributed by atoms with Crippen LogP contribution in [0.5, 0.6) is 0 Å². The van der Waals surface area contributed by atoms with Gasteiger partial charge in [-0.15, -0.1) is 0 Å². The standard InChI is InChI=1S/C14H14ClNO3S/c1-10(17)11-5-7-14(8-6-11)20(18,19)16-13-4-2-3-12(15)9-13/h2-10,16-17H,1H3. The number of hydrogen-bond donors (Lipinski definition) is 2. The zero-order valence-electron chi connectivity index (χ0n) is 10.7. The summed E-state index contributed by atoms with van der Waals surface area (Å²) in [6, 6.07) is 12.5. The second-order valence-corrected chi connectivity index (χ2v) is 6.48. The van der Waals surface area contributed by atoms with Gasteiger partial charge in [0.05, 0.1) is 16.7 Å². The van der Waals surface area contributed by atoms with Crippen LogP contribution in [0.2, 0.25) is 5.02 Å². The van der Waals surface area contributed by atoms with Crippen LogP contribution in [0.3, 0.4) is 0 Å². The van der Waals surface area contributed by atoms with Gasteiger partial charge in [0.1, 0.15) is 0 Å². The molecule has 0 spiro atoms. The van der Waals surface area contributed by atoms with Crippen LogP contribution in [0, 0.1) is 0 Å². The number of halogens is 1. The molecule has 0 radical (unpaired) electrons. The first-order chi connectivity index (χ1) is 9.38. The van der Waals surface area contributed by atoms with E-state index in [1.54, 1.807) is 37.3 Å². The van der Waals surface area contributed by atoms with Crippen molar-refractivity contribution in [1.29, 1.82) is 0 Å². The van der Waals surface area contributed by atoms with Crippen LogP contribution < -0.4 is 4.72 Å². The fourth-order valence-corrected chi connectivity index (χ4v) is 2.93. The number of nitrogens with one attached hydrogen (secondary N) is 1. The molecular formula is C14H14ClNO3S. The summed E-state index contributed by atoms with van der Waals surface area (Å²) in [5, 5.41) is 9.86. The van der Waals surface area contributed by atoms with Crippen LogP contribution in [0.4, 0.5) is 5.69 Å². The molecule has 0 heterocycles. The van der Waals surface area contributed by atoms with Gasteiger partial charge in [-0.05, 0) is 42.8 Å². The summed E-state index contributed by atoms with van der Waals surface area (Å²) >= 11 is 5.81. The van der Waals surface area contributed by atoms with Gasteiger partial charge in [0.25, 0.3) is 10.0 Å². The molecule has 6 heteroatoms. The van der Waals surface area contributed by atoms with Gasteiger partial charge in [-0.2, -0.15) is 0 Å². The van der Waals surface area contributed by atoms with Gasteiger partial charge in [0, 0.05) is 5.02 Å². The number of sulfonamides is 1. The van der Waals surface area contributed by atoms with Crippen molar-refractivity contribution >= 4 is 27.3 Å². The third kappa shape index (κ3) is 3.50. The molecule has 0 bridgehead atoms. The quantitative estimate of drug-likeness (QED) is 0.911. The Hall–Kier alpha value is -1.56. The van der Waals surface area contributed by atoms with Crippen molar-refractivity contribution in [2.75, 3.05) is 4.72 Å². The zero-order valence-corrected chi connectivity index (χ0v) is 12.3. The second kappa shape index (κ2) is 5.83. The number of rotatable bonds is 4. The predicted octanol–water partition coefficient (Wildman–Crippen LogP) is 3.19. The average Bonchev–Trinajstić information content (AvgIpc) is 2.38. The minimum atomic E-state index is -3.66. The molecule has 1 unspecified atom stereocenters. The first-order valence-electron chi connectivity index (χ1n) is 5.95. The van der Waals surface area contributed by atoms with E-state index in [1.807, 2.05) is 0 Å². The van der Waals surface area contributed by atoms with Crippen LogP contribution in [-0.2, 0) is 10.0 Å². The highest BCUT2D eigenvalue weighted by Crippen LogP contribution is 2.21. The molecule has 0 aliphatic rings. The Labute approximate surface area is 123 Å². The lowest BCUT2D eigenvalue weighted by molar-refractivity contribution is 0.199. The van der Waals surface area contributed by atoms with Crippen molar-refractivity contribution in [3.63, 3.8) is 0 Å². The molecule has 2 rings (SSSR count). The van der Waals surface area contributed by atoms with E-state index in [4.69, 9.17) is 11.6 Å². The van der Waals surface area contributed by atoms with E-state index in [0.29, 0.717) is 16.3 Å². The van der Waals surface area contributed by atoms with Gasteiger partial charge < -0.3 is 5.11 Å². The van der Waals surface area contributed by atoms with Crippen LogP contribution in [-0.4, -0.2) is 13.5 Å². The van der Waals surface area contributed by atoms with E-state index < -0.39 is 16.1 Å². The smallest absolute Gasteiger partial charge is 0.261 e. The lowest BCUT2D eigenvalue weighted by atomic mass is 10.1. The van der Waals surface area contributed by atoms with Crippen molar-refractivity contribution < 1.29 is 13.5 Å². The molecule has 106 valence electrons. The lowest BCUT2D eigenvalue weighted by Crippen LogP contribution is -2.13. The first-order valence-corrected chi connectivity index (χ1v) is 7.81. The molecule has 2 aromatic rings. The fraction of sp³-hybridized carbons (Fsp3) is 0.143. The predicted molar refractivity (Wildman–Crippen MR) is 79.3 cm³/mol. The Balaban J connectivity index is 2.26. The summed E-state index contributed by atoms with van der Waals surface area (Å²) < 4.78 is 26.8. The Bertz CT molecular complexity index is 697. The summed E-state index contributed by atoms with van der Waals surface area (Å²) in [5.74, 6) is 0. The minimum Gasteiger partial charge on any atom is -0.389 e. The van der Waals surface area contributed by atoms with E-state index in [2.05, 4.69) is 4.72 Å². The van der Waals surface area contributed by atoms with Crippen LogP contribution in [0.25, 0.3) is 0 Å². The highest BCUT2D eigenvalue weighted by atomic mass is 35.5. The Morgan fingerprint density at radius 2 is 1.80 bits per heavy atom. The summed E-state index contributed by atoms with van der Waals surface area (Å²) in [5.41, 5.74) is 1.06. The van der Waals surface area contributed by atoms with E-state index in [0.717, 1.165) is 0 Å². The van der Waals surface area contributed by atoms with Crippen LogP contribution in [0.15, 0.2) is 53.4 Å². The third-order valence-corrected chi connectivity index (χ3v) is 4.38. The largest absolute Gasteiger partial charge is 0.389 e. The minimum absolute atomic E-state index is 0.127. The molecule has 2 N–H and O–H groups in total. The van der Waals surface area contributed by atoms with Crippen molar-refractivity contribution in [2.45, 2.75) is 17.9 Å². The Morgan fingerprint density at radius 1 is 1.15 bits per heavy atom. The molecule has 0 fully saturated rings. The topological polar surface area (TPSA) is 66.4 Å². The molecule has 0 aliphatic carbocycles. The normalized spacial score (nSPS) is 12.9. The average molecular weight is 312 g/mol. The van der Waals surface area contributed by atoms with E-state index in [1.165, 1.54) is 18.2 Å². The maximum atomic E-state index is 12.2. The molecule has 0 aromatic heterocycles. The number of anilines is 1. The third-order valence-electron chi connectivity index (χ3n) is 2.75. The number of hydrogen-bond acceptors (Lipinski definition) is 3. The number of aliphatic hydroxyl groups is 1. The molecule has 0 amide bonds. The number of benzene rings is 2. The van der Waals surface area contributed by atoms with Crippen LogP contribution in [0.1, 0.15) is 18.6 Å². The van der Waals surface area contributed by atoms with Crippen molar-refractivity contribution in [2.24, 2.45) is 0 Å². The lowest BCUT2D eigenvalue weighted by Gasteiger charge is -2.10. The maximum absolute atomic E-state index is 12.2. The number of aliphatic hydroxyl groups excluding tert-OH is 1. The van der Waals surface area contributed by atoms with Gasteiger partial charge in [-0.1, -0.05) is 29.8 Å². The molecule has 0 saturated heterocycles.